The number of fused-ring (bicyclic) bond motifs is 1. The zero-order valence-electron chi connectivity index (χ0n) is 8.78. The Morgan fingerprint density at radius 1 is 1.33 bits per heavy atom. The minimum atomic E-state index is 0.0628. The monoisotopic (exact) mass is 220 g/mol. The van der Waals surface area contributed by atoms with E-state index in [4.69, 9.17) is 0 Å². The Balaban J connectivity index is 2.12. The first kappa shape index (κ1) is 10.7. The van der Waals surface area contributed by atoms with Crippen LogP contribution >= 0.6 is 12.6 Å². The Morgan fingerprint density at radius 2 is 2.13 bits per heavy atom. The van der Waals surface area contributed by atoms with Gasteiger partial charge < -0.3 is 4.79 Å². The number of hydrogen-bond donors (Lipinski definition) is 1. The molecule has 15 heavy (non-hydrogen) atoms. The molecule has 2 heteroatoms. The summed E-state index contributed by atoms with van der Waals surface area (Å²) in [4.78, 5) is 10.7. The molecule has 1 aromatic rings. The molecule has 1 aliphatic rings. The summed E-state index contributed by atoms with van der Waals surface area (Å²) < 4.78 is 0. The molecule has 0 amide bonds. The molecule has 0 radical (unpaired) electrons. The highest BCUT2D eigenvalue weighted by Crippen LogP contribution is 2.23. The average molecular weight is 220 g/mol. The lowest BCUT2D eigenvalue weighted by Gasteiger charge is -2.08. The van der Waals surface area contributed by atoms with Crippen molar-refractivity contribution < 1.29 is 4.79 Å². The van der Waals surface area contributed by atoms with Crippen LogP contribution < -0.4 is 0 Å². The second-order valence-electron chi connectivity index (χ2n) is 4.24. The number of aryl methyl sites for hydroxylation is 2. The zero-order valence-corrected chi connectivity index (χ0v) is 9.67. The van der Waals surface area contributed by atoms with Gasteiger partial charge in [0.15, 0.2) is 0 Å². The third-order valence-corrected chi connectivity index (χ3v) is 3.56. The highest BCUT2D eigenvalue weighted by Gasteiger charge is 2.12. The van der Waals surface area contributed by atoms with Crippen LogP contribution in [-0.2, 0) is 24.1 Å². The summed E-state index contributed by atoms with van der Waals surface area (Å²) in [5.74, 6) is 0.702. The van der Waals surface area contributed by atoms with Gasteiger partial charge in [0.2, 0.25) is 0 Å². The summed E-state index contributed by atoms with van der Waals surface area (Å²) in [7, 11) is 0. The van der Waals surface area contributed by atoms with E-state index in [1.165, 1.54) is 36.0 Å². The van der Waals surface area contributed by atoms with Gasteiger partial charge in [-0.2, -0.15) is 12.6 Å². The van der Waals surface area contributed by atoms with E-state index in [1.807, 2.05) is 0 Å². The van der Waals surface area contributed by atoms with E-state index < -0.39 is 0 Å². The lowest BCUT2D eigenvalue weighted by molar-refractivity contribution is -0.110. The van der Waals surface area contributed by atoms with E-state index in [1.54, 1.807) is 0 Å². The maximum absolute atomic E-state index is 10.7. The third kappa shape index (κ3) is 2.43. The van der Waals surface area contributed by atoms with Crippen LogP contribution in [0.15, 0.2) is 18.2 Å². The Labute approximate surface area is 96.3 Å². The minimum absolute atomic E-state index is 0.0628. The van der Waals surface area contributed by atoms with Gasteiger partial charge in [0.1, 0.15) is 6.29 Å². The second kappa shape index (κ2) is 4.84. The summed E-state index contributed by atoms with van der Waals surface area (Å²) in [5, 5.41) is 0. The molecule has 2 rings (SSSR count). The predicted octanol–water partition coefficient (Wildman–Crippen LogP) is 2.46. The first-order valence-electron chi connectivity index (χ1n) is 5.50. The van der Waals surface area contributed by atoms with Crippen molar-refractivity contribution in [3.63, 3.8) is 0 Å². The first-order valence-corrected chi connectivity index (χ1v) is 6.13. The van der Waals surface area contributed by atoms with Crippen molar-refractivity contribution in [1.82, 2.24) is 0 Å². The van der Waals surface area contributed by atoms with Crippen molar-refractivity contribution in [2.24, 2.45) is 5.92 Å². The maximum Gasteiger partial charge on any atom is 0.124 e. The van der Waals surface area contributed by atoms with E-state index in [-0.39, 0.29) is 5.92 Å². The minimum Gasteiger partial charge on any atom is -0.303 e. The third-order valence-electron chi connectivity index (χ3n) is 3.09. The molecule has 0 aliphatic heterocycles. The summed E-state index contributed by atoms with van der Waals surface area (Å²) in [6.07, 6.45) is 5.55. The molecule has 1 atom stereocenters. The van der Waals surface area contributed by atoms with Crippen LogP contribution in [0.5, 0.6) is 0 Å². The Hall–Kier alpha value is -0.760. The van der Waals surface area contributed by atoms with Gasteiger partial charge in [-0.25, -0.2) is 0 Å². The summed E-state index contributed by atoms with van der Waals surface area (Å²) in [6, 6.07) is 6.64. The van der Waals surface area contributed by atoms with Gasteiger partial charge in [-0.05, 0) is 42.4 Å². The van der Waals surface area contributed by atoms with Gasteiger partial charge in [0.25, 0.3) is 0 Å². The molecule has 0 bridgehead atoms. The molecule has 80 valence electrons. The van der Waals surface area contributed by atoms with Crippen LogP contribution in [0.4, 0.5) is 0 Å². The molecule has 1 unspecified atom stereocenters. The standard InChI is InChI=1S/C13H16OS/c14-8-11(9-15)6-10-4-5-12-2-1-3-13(12)7-10/h4-5,7-8,11,15H,1-3,6,9H2. The van der Waals surface area contributed by atoms with Gasteiger partial charge in [-0.3, -0.25) is 0 Å². The van der Waals surface area contributed by atoms with Crippen LogP contribution in [0.2, 0.25) is 0 Å². The van der Waals surface area contributed by atoms with Crippen molar-refractivity contribution >= 4 is 18.9 Å². The SMILES string of the molecule is O=CC(CS)Cc1ccc2c(c1)CCC2. The van der Waals surface area contributed by atoms with Crippen molar-refractivity contribution in [2.75, 3.05) is 5.75 Å². The number of aldehydes is 1. The summed E-state index contributed by atoms with van der Waals surface area (Å²) in [5.41, 5.74) is 4.25. The highest BCUT2D eigenvalue weighted by molar-refractivity contribution is 7.80. The molecule has 0 spiro atoms. The van der Waals surface area contributed by atoms with Crippen molar-refractivity contribution in [3.8, 4) is 0 Å². The molecular formula is C13H16OS. The molecule has 0 aromatic heterocycles. The van der Waals surface area contributed by atoms with E-state index in [9.17, 15) is 4.79 Å². The maximum atomic E-state index is 10.7. The number of hydrogen-bond acceptors (Lipinski definition) is 2. The summed E-state index contributed by atoms with van der Waals surface area (Å²) in [6.45, 7) is 0. The largest absolute Gasteiger partial charge is 0.303 e. The molecule has 0 N–H and O–H groups in total. The smallest absolute Gasteiger partial charge is 0.124 e. The molecule has 0 heterocycles. The number of rotatable bonds is 4. The molecular weight excluding hydrogens is 204 g/mol. The number of carbonyl (C=O) groups is 1. The molecule has 1 nitrogen and oxygen atoms in total. The molecule has 1 aromatic carbocycles. The fourth-order valence-corrected chi connectivity index (χ4v) is 2.43. The van der Waals surface area contributed by atoms with Crippen molar-refractivity contribution in [3.05, 3.63) is 34.9 Å². The van der Waals surface area contributed by atoms with Crippen LogP contribution in [0, 0.1) is 5.92 Å². The van der Waals surface area contributed by atoms with E-state index >= 15 is 0 Å². The quantitative estimate of drug-likeness (QED) is 0.609. The Morgan fingerprint density at radius 3 is 2.87 bits per heavy atom. The average Bonchev–Trinajstić information content (AvgIpc) is 2.73. The number of benzene rings is 1. The summed E-state index contributed by atoms with van der Waals surface area (Å²) >= 11 is 4.18. The van der Waals surface area contributed by atoms with E-state index in [0.717, 1.165) is 12.7 Å². The van der Waals surface area contributed by atoms with Gasteiger partial charge in [0, 0.05) is 11.7 Å². The van der Waals surface area contributed by atoms with Gasteiger partial charge in [0.05, 0.1) is 0 Å². The first-order chi connectivity index (χ1) is 7.33. The fraction of sp³-hybridized carbons (Fsp3) is 0.462. The van der Waals surface area contributed by atoms with Gasteiger partial charge in [-0.15, -0.1) is 0 Å². The van der Waals surface area contributed by atoms with Crippen molar-refractivity contribution in [1.29, 1.82) is 0 Å². The Kier molecular flexibility index (Phi) is 3.47. The topological polar surface area (TPSA) is 17.1 Å². The highest BCUT2D eigenvalue weighted by atomic mass is 32.1. The predicted molar refractivity (Wildman–Crippen MR) is 65.6 cm³/mol. The van der Waals surface area contributed by atoms with E-state index in [0.29, 0.717) is 5.75 Å². The molecule has 0 saturated carbocycles. The van der Waals surface area contributed by atoms with Gasteiger partial charge in [-0.1, -0.05) is 18.2 Å². The molecule has 0 fully saturated rings. The number of thiol groups is 1. The molecule has 0 saturated heterocycles. The molecule has 1 aliphatic carbocycles. The fourth-order valence-electron chi connectivity index (χ4n) is 2.21. The van der Waals surface area contributed by atoms with E-state index in [2.05, 4.69) is 30.8 Å². The van der Waals surface area contributed by atoms with Crippen LogP contribution in [0.1, 0.15) is 23.1 Å². The Bertz CT molecular complexity index is 360. The van der Waals surface area contributed by atoms with Crippen LogP contribution in [0.25, 0.3) is 0 Å². The van der Waals surface area contributed by atoms with Crippen molar-refractivity contribution in [2.45, 2.75) is 25.7 Å². The number of carbonyl (C=O) groups excluding carboxylic acids is 1. The normalized spacial score (nSPS) is 16.1. The second-order valence-corrected chi connectivity index (χ2v) is 4.60. The van der Waals surface area contributed by atoms with Crippen LogP contribution in [0.3, 0.4) is 0 Å². The lowest BCUT2D eigenvalue weighted by Crippen LogP contribution is -2.07. The zero-order chi connectivity index (χ0) is 10.7. The van der Waals surface area contributed by atoms with Crippen LogP contribution in [-0.4, -0.2) is 12.0 Å². The van der Waals surface area contributed by atoms with Gasteiger partial charge >= 0.3 is 0 Å². The lowest BCUT2D eigenvalue weighted by atomic mass is 9.99.